The van der Waals surface area contributed by atoms with Crippen molar-refractivity contribution in [2.45, 2.75) is 33.7 Å². The number of phenols is 1. The Hall–Kier alpha value is -2.82. The highest BCUT2D eigenvalue weighted by Gasteiger charge is 2.35. The molecule has 1 aliphatic rings. The second kappa shape index (κ2) is 6.83. The van der Waals surface area contributed by atoms with Crippen molar-refractivity contribution < 1.29 is 14.7 Å². The average Bonchev–Trinajstić information content (AvgIpc) is 2.57. The predicted octanol–water partition coefficient (Wildman–Crippen LogP) is 4.06. The first-order chi connectivity index (χ1) is 12.3. The van der Waals surface area contributed by atoms with Gasteiger partial charge in [-0.2, -0.15) is 0 Å². The van der Waals surface area contributed by atoms with Crippen LogP contribution in [0.5, 0.6) is 5.75 Å². The molecule has 5 nitrogen and oxygen atoms in total. The summed E-state index contributed by atoms with van der Waals surface area (Å²) in [6, 6.07) is 8.38. The van der Waals surface area contributed by atoms with Gasteiger partial charge in [0.15, 0.2) is 11.6 Å². The second-order valence-electron chi connectivity index (χ2n) is 7.34. The van der Waals surface area contributed by atoms with Gasteiger partial charge in [0.05, 0.1) is 16.7 Å². The summed E-state index contributed by atoms with van der Waals surface area (Å²) in [6.07, 6.45) is 0. The number of rotatable bonds is 5. The van der Waals surface area contributed by atoms with Crippen LogP contribution in [0, 0.1) is 5.92 Å². The van der Waals surface area contributed by atoms with Crippen LogP contribution in [0.1, 0.15) is 59.5 Å². The molecule has 0 radical (unpaired) electrons. The van der Waals surface area contributed by atoms with Crippen LogP contribution in [0.15, 0.2) is 30.3 Å². The number of carbonyl (C=O) groups is 2. The molecular formula is C21H24N2O3. The summed E-state index contributed by atoms with van der Waals surface area (Å²) in [5.74, 6) is -0.356. The summed E-state index contributed by atoms with van der Waals surface area (Å²) in [5.41, 5.74) is 2.29. The fourth-order valence-electron chi connectivity index (χ4n) is 3.19. The molecule has 0 unspecified atom stereocenters. The number of phenolic OH excluding ortho intramolecular Hbond substituents is 1. The van der Waals surface area contributed by atoms with Gasteiger partial charge in [-0.1, -0.05) is 26.0 Å². The van der Waals surface area contributed by atoms with E-state index >= 15 is 0 Å². The molecule has 3 rings (SSSR count). The molecule has 0 aromatic heterocycles. The van der Waals surface area contributed by atoms with Crippen LogP contribution in [-0.4, -0.2) is 29.3 Å². The molecule has 1 aliphatic carbocycles. The van der Waals surface area contributed by atoms with E-state index in [1.807, 2.05) is 26.0 Å². The van der Waals surface area contributed by atoms with Gasteiger partial charge in [-0.25, -0.2) is 0 Å². The third-order valence-electron chi connectivity index (χ3n) is 4.32. The van der Waals surface area contributed by atoms with Gasteiger partial charge in [0.25, 0.3) is 0 Å². The summed E-state index contributed by atoms with van der Waals surface area (Å²) >= 11 is 0. The number of hydrogen-bond acceptors (Lipinski definition) is 5. The van der Waals surface area contributed by atoms with E-state index in [-0.39, 0.29) is 34.5 Å². The molecule has 5 heteroatoms. The van der Waals surface area contributed by atoms with Crippen molar-refractivity contribution in [3.05, 3.63) is 52.6 Å². The standard InChI is InChI=1S/C21H24N2O3/c1-11(2)10-22-14-8-9-15(23-12(3)4)19-18(14)21(26)17-13(20(19)25)6-5-7-16(17)24/h5-9,11-12,22-24H,10H2,1-4H3. The Balaban J connectivity index is 2.23. The van der Waals surface area contributed by atoms with E-state index in [1.54, 1.807) is 12.1 Å². The molecule has 0 fully saturated rings. The first-order valence-corrected chi connectivity index (χ1v) is 8.90. The fourth-order valence-corrected chi connectivity index (χ4v) is 3.19. The number of ketones is 2. The Morgan fingerprint density at radius 1 is 0.885 bits per heavy atom. The summed E-state index contributed by atoms with van der Waals surface area (Å²) in [6.45, 7) is 8.78. The second-order valence-corrected chi connectivity index (χ2v) is 7.34. The maximum Gasteiger partial charge on any atom is 0.200 e. The molecular weight excluding hydrogens is 328 g/mol. The number of anilines is 2. The van der Waals surface area contributed by atoms with Crippen LogP contribution in [0.25, 0.3) is 0 Å². The molecule has 0 atom stereocenters. The zero-order chi connectivity index (χ0) is 19.0. The first-order valence-electron chi connectivity index (χ1n) is 8.90. The molecule has 0 spiro atoms. The van der Waals surface area contributed by atoms with Gasteiger partial charge in [-0.05, 0) is 38.0 Å². The van der Waals surface area contributed by atoms with E-state index in [1.165, 1.54) is 6.07 Å². The Bertz CT molecular complexity index is 885. The van der Waals surface area contributed by atoms with E-state index in [0.717, 1.165) is 0 Å². The zero-order valence-corrected chi connectivity index (χ0v) is 15.5. The minimum Gasteiger partial charge on any atom is -0.507 e. The normalized spacial score (nSPS) is 13.0. The highest BCUT2D eigenvalue weighted by molar-refractivity contribution is 6.32. The van der Waals surface area contributed by atoms with E-state index in [2.05, 4.69) is 24.5 Å². The van der Waals surface area contributed by atoms with Crippen LogP contribution in [0.3, 0.4) is 0 Å². The van der Waals surface area contributed by atoms with E-state index in [4.69, 9.17) is 0 Å². The minimum absolute atomic E-state index is 0.0827. The third-order valence-corrected chi connectivity index (χ3v) is 4.32. The molecule has 0 amide bonds. The Morgan fingerprint density at radius 3 is 2.19 bits per heavy atom. The minimum atomic E-state index is -0.327. The van der Waals surface area contributed by atoms with Crippen molar-refractivity contribution in [2.24, 2.45) is 5.92 Å². The van der Waals surface area contributed by atoms with Crippen LogP contribution in [0.4, 0.5) is 11.4 Å². The van der Waals surface area contributed by atoms with Crippen molar-refractivity contribution in [3.8, 4) is 5.75 Å². The molecule has 0 saturated carbocycles. The maximum absolute atomic E-state index is 13.2. The molecule has 0 bridgehead atoms. The lowest BCUT2D eigenvalue weighted by Crippen LogP contribution is -2.26. The topological polar surface area (TPSA) is 78.4 Å². The third kappa shape index (κ3) is 3.05. The van der Waals surface area contributed by atoms with Crippen molar-refractivity contribution in [1.29, 1.82) is 0 Å². The summed E-state index contributed by atoms with van der Waals surface area (Å²) in [4.78, 5) is 26.4. The van der Waals surface area contributed by atoms with Gasteiger partial charge in [-0.3, -0.25) is 9.59 Å². The Kier molecular flexibility index (Phi) is 4.72. The van der Waals surface area contributed by atoms with Crippen LogP contribution in [-0.2, 0) is 0 Å². The van der Waals surface area contributed by atoms with Crippen molar-refractivity contribution >= 4 is 22.9 Å². The number of carbonyl (C=O) groups excluding carboxylic acids is 2. The molecule has 26 heavy (non-hydrogen) atoms. The zero-order valence-electron chi connectivity index (χ0n) is 15.5. The summed E-state index contributed by atoms with van der Waals surface area (Å²) in [7, 11) is 0. The number of benzene rings is 2. The van der Waals surface area contributed by atoms with Gasteiger partial charge in [0.2, 0.25) is 0 Å². The molecule has 2 aromatic carbocycles. The quantitative estimate of drug-likeness (QED) is 0.645. The smallest absolute Gasteiger partial charge is 0.200 e. The predicted molar refractivity (Wildman–Crippen MR) is 104 cm³/mol. The van der Waals surface area contributed by atoms with Crippen LogP contribution >= 0.6 is 0 Å². The van der Waals surface area contributed by atoms with Gasteiger partial charge >= 0.3 is 0 Å². The lowest BCUT2D eigenvalue weighted by atomic mass is 9.81. The van der Waals surface area contributed by atoms with Gasteiger partial charge in [-0.15, -0.1) is 0 Å². The average molecular weight is 352 g/mol. The number of nitrogens with one attached hydrogen (secondary N) is 2. The highest BCUT2D eigenvalue weighted by Crippen LogP contribution is 2.39. The van der Waals surface area contributed by atoms with Crippen LogP contribution < -0.4 is 10.6 Å². The van der Waals surface area contributed by atoms with Crippen molar-refractivity contribution in [3.63, 3.8) is 0 Å². The maximum atomic E-state index is 13.2. The molecule has 0 aliphatic heterocycles. The first kappa shape index (κ1) is 18.0. The largest absolute Gasteiger partial charge is 0.507 e. The fraction of sp³-hybridized carbons (Fsp3) is 0.333. The summed E-state index contributed by atoms with van der Waals surface area (Å²) < 4.78 is 0. The van der Waals surface area contributed by atoms with Gasteiger partial charge < -0.3 is 15.7 Å². The van der Waals surface area contributed by atoms with E-state index < -0.39 is 0 Å². The monoisotopic (exact) mass is 352 g/mol. The lowest BCUT2D eigenvalue weighted by Gasteiger charge is -2.25. The lowest BCUT2D eigenvalue weighted by molar-refractivity contribution is 0.0977. The van der Waals surface area contributed by atoms with E-state index in [0.29, 0.717) is 35.0 Å². The number of hydrogen-bond donors (Lipinski definition) is 3. The SMILES string of the molecule is CC(C)CNc1ccc(NC(C)C)c2c1C(=O)c1c(O)cccc1C2=O. The van der Waals surface area contributed by atoms with E-state index in [9.17, 15) is 14.7 Å². The van der Waals surface area contributed by atoms with Gasteiger partial charge in [0.1, 0.15) is 5.75 Å². The van der Waals surface area contributed by atoms with Crippen LogP contribution in [0.2, 0.25) is 0 Å². The molecule has 0 saturated heterocycles. The molecule has 3 N–H and O–H groups in total. The molecule has 0 heterocycles. The van der Waals surface area contributed by atoms with Crippen molar-refractivity contribution in [2.75, 3.05) is 17.2 Å². The van der Waals surface area contributed by atoms with Gasteiger partial charge in [0, 0.05) is 29.5 Å². The molecule has 136 valence electrons. The Morgan fingerprint density at radius 2 is 1.54 bits per heavy atom. The Labute approximate surface area is 153 Å². The number of fused-ring (bicyclic) bond motifs is 2. The highest BCUT2D eigenvalue weighted by atomic mass is 16.3. The summed E-state index contributed by atoms with van der Waals surface area (Å²) in [5, 5.41) is 16.7. The number of aromatic hydroxyl groups is 1. The van der Waals surface area contributed by atoms with Crippen molar-refractivity contribution in [1.82, 2.24) is 0 Å². The molecule has 2 aromatic rings.